The van der Waals surface area contributed by atoms with Crippen LogP contribution in [0, 0.1) is 5.82 Å². The Labute approximate surface area is 118 Å². The first-order chi connectivity index (χ1) is 9.60. The van der Waals surface area contributed by atoms with Crippen molar-refractivity contribution < 1.29 is 13.9 Å². The molecule has 1 fully saturated rings. The molecule has 2 rings (SSSR count). The zero-order chi connectivity index (χ0) is 14.5. The summed E-state index contributed by atoms with van der Waals surface area (Å²) in [6.07, 6.45) is 1.19. The molecule has 1 aliphatic heterocycles. The number of carbonyl (C=O) groups excluding carboxylic acids is 1. The standard InChI is InChI=1S/C15H21FN2O2/c1-3-5-17-10-11-7-12(16)9-13(8-11)20-14-4-6-18(2)15(14)19/h7-9,14,17H,3-6,10H2,1-2H3. The van der Waals surface area contributed by atoms with Gasteiger partial charge >= 0.3 is 0 Å². The van der Waals surface area contributed by atoms with E-state index in [1.54, 1.807) is 18.0 Å². The van der Waals surface area contributed by atoms with Crippen LogP contribution < -0.4 is 10.1 Å². The van der Waals surface area contributed by atoms with E-state index in [0.717, 1.165) is 18.5 Å². The molecule has 0 aliphatic carbocycles. The summed E-state index contributed by atoms with van der Waals surface area (Å²) in [7, 11) is 1.75. The summed E-state index contributed by atoms with van der Waals surface area (Å²) in [6.45, 7) is 4.25. The molecule has 1 amide bonds. The minimum atomic E-state index is -0.488. The molecule has 20 heavy (non-hydrogen) atoms. The molecule has 110 valence electrons. The number of hydrogen-bond donors (Lipinski definition) is 1. The van der Waals surface area contributed by atoms with E-state index in [2.05, 4.69) is 12.2 Å². The Hall–Kier alpha value is -1.62. The predicted molar refractivity (Wildman–Crippen MR) is 75.1 cm³/mol. The first kappa shape index (κ1) is 14.8. The summed E-state index contributed by atoms with van der Waals surface area (Å²) in [5.41, 5.74) is 0.826. The zero-order valence-corrected chi connectivity index (χ0v) is 12.0. The van der Waals surface area contributed by atoms with Crippen LogP contribution in [0.2, 0.25) is 0 Å². The summed E-state index contributed by atoms with van der Waals surface area (Å²) in [6, 6.07) is 4.60. The first-order valence-corrected chi connectivity index (χ1v) is 7.02. The number of carbonyl (C=O) groups is 1. The predicted octanol–water partition coefficient (Wildman–Crippen LogP) is 1.93. The van der Waals surface area contributed by atoms with Gasteiger partial charge in [0.15, 0.2) is 6.10 Å². The van der Waals surface area contributed by atoms with Crippen molar-refractivity contribution in [1.29, 1.82) is 0 Å². The minimum absolute atomic E-state index is 0.0417. The van der Waals surface area contributed by atoms with Gasteiger partial charge in [0.1, 0.15) is 11.6 Å². The lowest BCUT2D eigenvalue weighted by Crippen LogP contribution is -2.29. The molecule has 0 aromatic heterocycles. The van der Waals surface area contributed by atoms with Crippen LogP contribution in [0.25, 0.3) is 0 Å². The maximum absolute atomic E-state index is 13.6. The van der Waals surface area contributed by atoms with Crippen molar-refractivity contribution >= 4 is 5.91 Å². The fourth-order valence-electron chi connectivity index (χ4n) is 2.26. The molecule has 1 unspecified atom stereocenters. The Morgan fingerprint density at radius 1 is 1.45 bits per heavy atom. The first-order valence-electron chi connectivity index (χ1n) is 7.02. The number of amides is 1. The Balaban J connectivity index is 2.02. The van der Waals surface area contributed by atoms with Crippen molar-refractivity contribution in [2.45, 2.75) is 32.4 Å². The fraction of sp³-hybridized carbons (Fsp3) is 0.533. The van der Waals surface area contributed by atoms with Gasteiger partial charge in [-0.05, 0) is 30.7 Å². The summed E-state index contributed by atoms with van der Waals surface area (Å²) in [5.74, 6) is 0.0430. The molecule has 1 saturated heterocycles. The molecule has 4 nitrogen and oxygen atoms in total. The number of hydrogen-bond acceptors (Lipinski definition) is 3. The topological polar surface area (TPSA) is 41.6 Å². The second kappa shape index (κ2) is 6.70. The molecule has 1 heterocycles. The summed E-state index contributed by atoms with van der Waals surface area (Å²) in [5, 5.41) is 3.22. The van der Waals surface area contributed by atoms with E-state index in [1.807, 2.05) is 0 Å². The fourth-order valence-corrected chi connectivity index (χ4v) is 2.26. The second-order valence-electron chi connectivity index (χ2n) is 5.13. The van der Waals surface area contributed by atoms with Gasteiger partial charge in [0, 0.05) is 32.6 Å². The van der Waals surface area contributed by atoms with E-state index in [1.165, 1.54) is 12.1 Å². The third kappa shape index (κ3) is 3.70. The molecule has 1 aromatic carbocycles. The number of likely N-dealkylation sites (tertiary alicyclic amines) is 1. The van der Waals surface area contributed by atoms with Crippen LogP contribution in [0.5, 0.6) is 5.75 Å². The Bertz CT molecular complexity index is 479. The lowest BCUT2D eigenvalue weighted by atomic mass is 10.2. The molecule has 1 atom stereocenters. The van der Waals surface area contributed by atoms with Gasteiger partial charge in [0.2, 0.25) is 0 Å². The van der Waals surface area contributed by atoms with Crippen molar-refractivity contribution in [3.8, 4) is 5.75 Å². The zero-order valence-electron chi connectivity index (χ0n) is 12.0. The molecular formula is C15H21FN2O2. The number of ether oxygens (including phenoxy) is 1. The normalized spacial score (nSPS) is 18.6. The van der Waals surface area contributed by atoms with E-state index in [9.17, 15) is 9.18 Å². The van der Waals surface area contributed by atoms with Crippen molar-refractivity contribution in [2.75, 3.05) is 20.1 Å². The molecule has 1 aliphatic rings. The Kier molecular flexibility index (Phi) is 4.95. The van der Waals surface area contributed by atoms with Crippen LogP contribution in [0.1, 0.15) is 25.3 Å². The van der Waals surface area contributed by atoms with E-state index in [-0.39, 0.29) is 11.7 Å². The summed E-state index contributed by atoms with van der Waals surface area (Å²) >= 11 is 0. The average molecular weight is 280 g/mol. The summed E-state index contributed by atoms with van der Waals surface area (Å²) in [4.78, 5) is 13.4. The van der Waals surface area contributed by atoms with Crippen molar-refractivity contribution in [1.82, 2.24) is 10.2 Å². The molecule has 0 radical (unpaired) electrons. The number of rotatable bonds is 6. The highest BCUT2D eigenvalue weighted by Crippen LogP contribution is 2.21. The van der Waals surface area contributed by atoms with Crippen LogP contribution in [0.3, 0.4) is 0 Å². The maximum atomic E-state index is 13.6. The van der Waals surface area contributed by atoms with Gasteiger partial charge in [0.25, 0.3) is 5.91 Å². The van der Waals surface area contributed by atoms with Crippen LogP contribution in [-0.2, 0) is 11.3 Å². The monoisotopic (exact) mass is 280 g/mol. The Morgan fingerprint density at radius 3 is 2.90 bits per heavy atom. The lowest BCUT2D eigenvalue weighted by Gasteiger charge is -2.14. The van der Waals surface area contributed by atoms with Crippen LogP contribution in [-0.4, -0.2) is 37.0 Å². The number of likely N-dealkylation sites (N-methyl/N-ethyl adjacent to an activating group) is 1. The Morgan fingerprint density at radius 2 is 2.25 bits per heavy atom. The highest BCUT2D eigenvalue weighted by atomic mass is 19.1. The van der Waals surface area contributed by atoms with Crippen LogP contribution in [0.15, 0.2) is 18.2 Å². The van der Waals surface area contributed by atoms with Gasteiger partial charge in [0.05, 0.1) is 0 Å². The smallest absolute Gasteiger partial charge is 0.263 e. The molecule has 1 N–H and O–H groups in total. The number of halogens is 1. The number of benzene rings is 1. The van der Waals surface area contributed by atoms with E-state index in [0.29, 0.717) is 25.3 Å². The quantitative estimate of drug-likeness (QED) is 0.810. The number of nitrogens with zero attached hydrogens (tertiary/aromatic N) is 1. The van der Waals surface area contributed by atoms with Gasteiger partial charge in [-0.2, -0.15) is 0 Å². The van der Waals surface area contributed by atoms with Crippen LogP contribution >= 0.6 is 0 Å². The SMILES string of the molecule is CCCNCc1cc(F)cc(OC2CCN(C)C2=O)c1. The van der Waals surface area contributed by atoms with Gasteiger partial charge in [-0.1, -0.05) is 6.92 Å². The van der Waals surface area contributed by atoms with Gasteiger partial charge in [-0.3, -0.25) is 4.79 Å². The highest BCUT2D eigenvalue weighted by molar-refractivity contribution is 5.83. The molecule has 1 aromatic rings. The average Bonchev–Trinajstić information content (AvgIpc) is 2.71. The van der Waals surface area contributed by atoms with E-state index < -0.39 is 6.10 Å². The largest absolute Gasteiger partial charge is 0.480 e. The van der Waals surface area contributed by atoms with Gasteiger partial charge < -0.3 is 15.0 Å². The van der Waals surface area contributed by atoms with Gasteiger partial charge in [-0.25, -0.2) is 4.39 Å². The molecular weight excluding hydrogens is 259 g/mol. The van der Waals surface area contributed by atoms with E-state index in [4.69, 9.17) is 4.74 Å². The number of nitrogens with one attached hydrogen (secondary N) is 1. The van der Waals surface area contributed by atoms with E-state index >= 15 is 0 Å². The lowest BCUT2D eigenvalue weighted by molar-refractivity contribution is -0.132. The molecule has 0 bridgehead atoms. The third-order valence-corrected chi connectivity index (χ3v) is 3.34. The van der Waals surface area contributed by atoms with Crippen LogP contribution in [0.4, 0.5) is 4.39 Å². The van der Waals surface area contributed by atoms with Crippen molar-refractivity contribution in [2.24, 2.45) is 0 Å². The van der Waals surface area contributed by atoms with Crippen molar-refractivity contribution in [3.05, 3.63) is 29.6 Å². The molecule has 0 saturated carbocycles. The molecule has 0 spiro atoms. The van der Waals surface area contributed by atoms with Crippen molar-refractivity contribution in [3.63, 3.8) is 0 Å². The summed E-state index contributed by atoms with van der Waals surface area (Å²) < 4.78 is 19.2. The minimum Gasteiger partial charge on any atom is -0.480 e. The second-order valence-corrected chi connectivity index (χ2v) is 5.13. The van der Waals surface area contributed by atoms with Gasteiger partial charge in [-0.15, -0.1) is 0 Å². The highest BCUT2D eigenvalue weighted by Gasteiger charge is 2.30. The third-order valence-electron chi connectivity index (χ3n) is 3.34. The molecule has 5 heteroatoms. The maximum Gasteiger partial charge on any atom is 0.263 e.